The second-order valence-electron chi connectivity index (χ2n) is 19.2. The second-order valence-corrected chi connectivity index (χ2v) is 20.9. The fourth-order valence-corrected chi connectivity index (χ4v) is 12.1. The van der Waals surface area contributed by atoms with Crippen LogP contribution in [0.15, 0.2) is 78.0 Å². The Morgan fingerprint density at radius 2 is 1.77 bits per heavy atom. The lowest BCUT2D eigenvalue weighted by atomic mass is 9.59. The number of fused-ring (bicyclic) bond motifs is 2. The number of nitrogens with zero attached hydrogens (tertiary/aromatic N) is 6. The van der Waals surface area contributed by atoms with E-state index in [0.717, 1.165) is 68.7 Å². The molecule has 16 nitrogen and oxygen atoms in total. The Balaban J connectivity index is 0.895. The topological polar surface area (TPSA) is 188 Å². The van der Waals surface area contributed by atoms with E-state index < -0.39 is 31.4 Å². The van der Waals surface area contributed by atoms with E-state index >= 15 is 0 Å². The van der Waals surface area contributed by atoms with Gasteiger partial charge in [-0.25, -0.2) is 18.1 Å². The van der Waals surface area contributed by atoms with Crippen LogP contribution in [-0.4, -0.2) is 97.7 Å². The molecule has 1 amide bonds. The standard InChI is InChI=1S/C49H59N9O7S/c1-32(2)38-7-3-4-8-39(38)41-9-5-18-56(41)36-28-49(29-36)15-20-55(21-16-49)35-10-11-40(42(26-35)57-19-6-22-65-48-44(57)25-34-12-17-50-45(34)53-48)47(59)54-66(62,63)37-27-43(58(60)61)46(52-31-37)51-30-33-13-23-64-24-14-33/h3-4,7-8,10-12,17,25-27,31-33,36,41H,5-6,9,13-16,18-24,28-30H2,1-2H3,(H,50,53)(H,51,52)(H,54,59)/t41-/m1/s1. The highest BCUT2D eigenvalue weighted by atomic mass is 32.2. The number of hydrogen-bond donors (Lipinski definition) is 3. The van der Waals surface area contributed by atoms with Crippen LogP contribution in [0.1, 0.15) is 105 Å². The Labute approximate surface area is 385 Å². The van der Waals surface area contributed by atoms with Crippen LogP contribution < -0.4 is 24.6 Å². The number of aromatic amines is 1. The van der Waals surface area contributed by atoms with Gasteiger partial charge in [0.15, 0.2) is 0 Å². The first-order valence-corrected chi connectivity index (χ1v) is 25.1. The van der Waals surface area contributed by atoms with Gasteiger partial charge in [0, 0.05) is 74.8 Å². The van der Waals surface area contributed by atoms with Crippen LogP contribution in [0.4, 0.5) is 28.6 Å². The van der Waals surface area contributed by atoms with Gasteiger partial charge in [0.2, 0.25) is 11.7 Å². The first-order valence-electron chi connectivity index (χ1n) is 23.6. The molecule has 0 unspecified atom stereocenters. The lowest BCUT2D eigenvalue weighted by molar-refractivity contribution is -0.384. The number of piperidine rings is 1. The molecule has 17 heteroatoms. The average molecular weight is 918 g/mol. The highest BCUT2D eigenvalue weighted by Gasteiger charge is 2.50. The molecule has 5 aromatic rings. The highest BCUT2D eigenvalue weighted by Crippen LogP contribution is 2.54. The Hall–Kier alpha value is -5.78. The van der Waals surface area contributed by atoms with Crippen LogP contribution in [-0.2, 0) is 14.8 Å². The van der Waals surface area contributed by atoms with E-state index in [0.29, 0.717) is 85.6 Å². The maximum atomic E-state index is 14.4. The minimum atomic E-state index is -4.61. The Kier molecular flexibility index (Phi) is 12.1. The molecule has 1 spiro atoms. The van der Waals surface area contributed by atoms with Crippen LogP contribution >= 0.6 is 0 Å². The number of rotatable bonds is 12. The van der Waals surface area contributed by atoms with Crippen LogP contribution in [0.3, 0.4) is 0 Å². The van der Waals surface area contributed by atoms with Crippen molar-refractivity contribution in [3.63, 3.8) is 0 Å². The number of carbonyl (C=O) groups excluding carboxylic acids is 1. The summed E-state index contributed by atoms with van der Waals surface area (Å²) in [4.78, 5) is 44.6. The number of carbonyl (C=O) groups is 1. The quantitative estimate of drug-likeness (QED) is 0.0800. The summed E-state index contributed by atoms with van der Waals surface area (Å²) in [6.45, 7) is 10.0. The number of H-pyrrole nitrogens is 1. The van der Waals surface area contributed by atoms with Crippen molar-refractivity contribution in [1.82, 2.24) is 24.6 Å². The van der Waals surface area contributed by atoms with Gasteiger partial charge < -0.3 is 29.6 Å². The molecule has 3 aromatic heterocycles. The molecular formula is C49H59N9O7S. The maximum absolute atomic E-state index is 14.4. The smallest absolute Gasteiger partial charge is 0.312 e. The molecular weight excluding hydrogens is 859 g/mol. The molecule has 348 valence electrons. The fourth-order valence-electron chi connectivity index (χ4n) is 11.2. The minimum Gasteiger partial charge on any atom is -0.476 e. The molecule has 4 aliphatic heterocycles. The Morgan fingerprint density at radius 3 is 2.56 bits per heavy atom. The number of aromatic nitrogens is 3. The molecule has 7 heterocycles. The third kappa shape index (κ3) is 8.68. The third-order valence-electron chi connectivity index (χ3n) is 14.8. The van der Waals surface area contributed by atoms with Crippen LogP contribution in [0.5, 0.6) is 5.88 Å². The van der Waals surface area contributed by atoms with Gasteiger partial charge in [0.1, 0.15) is 16.2 Å². The molecule has 3 N–H and O–H groups in total. The van der Waals surface area contributed by atoms with Crippen LogP contribution in [0, 0.1) is 21.4 Å². The summed E-state index contributed by atoms with van der Waals surface area (Å²) in [6.07, 6.45) is 12.1. The van der Waals surface area contributed by atoms with Gasteiger partial charge in [-0.15, -0.1) is 0 Å². The first-order chi connectivity index (χ1) is 31.9. The lowest BCUT2D eigenvalue weighted by Gasteiger charge is -2.56. The van der Waals surface area contributed by atoms with Crippen LogP contribution in [0.25, 0.3) is 11.0 Å². The van der Waals surface area contributed by atoms with Crippen molar-refractivity contribution < 1.29 is 27.6 Å². The zero-order chi connectivity index (χ0) is 45.6. The van der Waals surface area contributed by atoms with Gasteiger partial charge in [-0.2, -0.15) is 4.98 Å². The zero-order valence-electron chi connectivity index (χ0n) is 37.7. The van der Waals surface area contributed by atoms with E-state index in [-0.39, 0.29) is 17.3 Å². The Morgan fingerprint density at radius 1 is 0.970 bits per heavy atom. The minimum absolute atomic E-state index is 0.0360. The van der Waals surface area contributed by atoms with E-state index in [4.69, 9.17) is 14.5 Å². The van der Waals surface area contributed by atoms with E-state index in [1.54, 1.807) is 6.07 Å². The summed E-state index contributed by atoms with van der Waals surface area (Å²) in [7, 11) is -4.61. The molecule has 1 atom stereocenters. The van der Waals surface area contributed by atoms with Gasteiger partial charge in [0.25, 0.3) is 15.9 Å². The number of pyridine rings is 2. The normalized spacial score (nSPS) is 20.5. The molecule has 1 aliphatic carbocycles. The number of sulfonamides is 1. The second kappa shape index (κ2) is 18.1. The number of anilines is 4. The molecule has 5 aliphatic rings. The van der Waals surface area contributed by atoms with Crippen molar-refractivity contribution in [2.45, 2.75) is 94.5 Å². The molecule has 2 aromatic carbocycles. The molecule has 10 rings (SSSR count). The highest BCUT2D eigenvalue weighted by molar-refractivity contribution is 7.90. The van der Waals surface area contributed by atoms with Crippen molar-refractivity contribution in [1.29, 1.82) is 0 Å². The molecule has 0 bridgehead atoms. The predicted molar refractivity (Wildman–Crippen MR) is 253 cm³/mol. The number of hydrogen-bond acceptors (Lipinski definition) is 13. The number of nitrogens with one attached hydrogen (secondary N) is 3. The van der Waals surface area contributed by atoms with Gasteiger partial charge in [-0.3, -0.25) is 19.8 Å². The average Bonchev–Trinajstić information content (AvgIpc) is 3.95. The van der Waals surface area contributed by atoms with E-state index in [9.17, 15) is 23.3 Å². The summed E-state index contributed by atoms with van der Waals surface area (Å²) in [5, 5.41) is 16.1. The van der Waals surface area contributed by atoms with Gasteiger partial charge >= 0.3 is 5.69 Å². The summed E-state index contributed by atoms with van der Waals surface area (Å²) >= 11 is 0. The lowest BCUT2D eigenvalue weighted by Crippen LogP contribution is -2.55. The van der Waals surface area contributed by atoms with E-state index in [1.807, 2.05) is 35.4 Å². The van der Waals surface area contributed by atoms with Gasteiger partial charge in [-0.05, 0) is 123 Å². The van der Waals surface area contributed by atoms with Crippen molar-refractivity contribution in [2.75, 3.05) is 67.7 Å². The summed E-state index contributed by atoms with van der Waals surface area (Å²) in [6, 6.07) is 20.5. The van der Waals surface area contributed by atoms with E-state index in [1.165, 1.54) is 36.8 Å². The number of amides is 1. The van der Waals surface area contributed by atoms with Crippen molar-refractivity contribution in [3.8, 4) is 5.88 Å². The first kappa shape index (κ1) is 44.1. The zero-order valence-corrected chi connectivity index (χ0v) is 38.5. The number of likely N-dealkylation sites (tertiary alicyclic amines) is 1. The maximum Gasteiger partial charge on any atom is 0.312 e. The van der Waals surface area contributed by atoms with Crippen LogP contribution in [0.2, 0.25) is 0 Å². The summed E-state index contributed by atoms with van der Waals surface area (Å²) in [5.41, 5.74) is 5.67. The molecule has 66 heavy (non-hydrogen) atoms. The van der Waals surface area contributed by atoms with Crippen molar-refractivity contribution >= 4 is 55.5 Å². The Bertz CT molecular complexity index is 2720. The summed E-state index contributed by atoms with van der Waals surface area (Å²) < 4.78 is 41.6. The molecule has 3 saturated heterocycles. The third-order valence-corrected chi connectivity index (χ3v) is 16.1. The largest absolute Gasteiger partial charge is 0.476 e. The van der Waals surface area contributed by atoms with Gasteiger partial charge in [0.05, 0.1) is 29.0 Å². The summed E-state index contributed by atoms with van der Waals surface area (Å²) in [5.74, 6) is 0.228. The molecule has 4 fully saturated rings. The number of benzene rings is 2. The number of nitro groups is 1. The van der Waals surface area contributed by atoms with E-state index in [2.05, 4.69) is 67.9 Å². The predicted octanol–water partition coefficient (Wildman–Crippen LogP) is 8.45. The molecule has 0 radical (unpaired) electrons. The SMILES string of the molecule is CC(C)c1ccccc1[C@H]1CCCN1C1CC2(CCN(c3ccc(C(=O)NS(=O)(=O)c4cnc(NCC5CCOCC5)c([N+](=O)[O-])c4)c(N4CCCOc5nc6[nH]ccc6cc54)c3)CC2)C1. The number of ether oxygens (including phenoxy) is 2. The fraction of sp³-hybridized carbons (Fsp3) is 0.490. The monoisotopic (exact) mass is 917 g/mol. The molecule has 1 saturated carbocycles. The van der Waals surface area contributed by atoms with Gasteiger partial charge in [-0.1, -0.05) is 38.1 Å². The van der Waals surface area contributed by atoms with Crippen molar-refractivity contribution in [2.24, 2.45) is 11.3 Å². The van der Waals surface area contributed by atoms with Crippen molar-refractivity contribution in [3.05, 3.63) is 99.9 Å².